The second kappa shape index (κ2) is 7.09. The first-order valence-electron chi connectivity index (χ1n) is 7.43. The van der Waals surface area contributed by atoms with Gasteiger partial charge >= 0.3 is 0 Å². The van der Waals surface area contributed by atoms with Crippen LogP contribution in [0.3, 0.4) is 0 Å². The number of nitrogens with zero attached hydrogens (tertiary/aromatic N) is 2. The number of hydrogen-bond acceptors (Lipinski definition) is 4. The maximum Gasteiger partial charge on any atom is 0.294 e. The Morgan fingerprint density at radius 2 is 2.08 bits per heavy atom. The molecular weight excluding hydrogens is 356 g/mol. The van der Waals surface area contributed by atoms with Crippen molar-refractivity contribution in [2.45, 2.75) is 0 Å². The third kappa shape index (κ3) is 3.41. The molecule has 0 spiro atoms. The van der Waals surface area contributed by atoms with Gasteiger partial charge in [-0.25, -0.2) is 0 Å². The van der Waals surface area contributed by atoms with Crippen LogP contribution >= 0.6 is 11.6 Å². The van der Waals surface area contributed by atoms with Gasteiger partial charge in [0.05, 0.1) is 4.92 Å². The summed E-state index contributed by atoms with van der Waals surface area (Å²) in [6.07, 6.45) is 3.11. The fraction of sp³-hybridized carbons (Fsp3) is 0. The molecule has 0 saturated carbocycles. The number of hydrogen-bond donors (Lipinski definition) is 2. The lowest BCUT2D eigenvalue weighted by atomic mass is 10.1. The lowest BCUT2D eigenvalue weighted by Crippen LogP contribution is -2.14. The third-order valence-corrected chi connectivity index (χ3v) is 3.93. The van der Waals surface area contributed by atoms with E-state index in [0.29, 0.717) is 5.56 Å². The van der Waals surface area contributed by atoms with Crippen LogP contribution in [0.1, 0.15) is 5.56 Å². The van der Waals surface area contributed by atoms with Crippen molar-refractivity contribution in [3.05, 3.63) is 74.9 Å². The van der Waals surface area contributed by atoms with Gasteiger partial charge in [0.25, 0.3) is 11.6 Å². The molecular formula is C18H11ClN4O3. The van der Waals surface area contributed by atoms with Gasteiger partial charge in [0, 0.05) is 33.8 Å². The predicted molar refractivity (Wildman–Crippen MR) is 98.6 cm³/mol. The topological polar surface area (TPSA) is 112 Å². The number of aromatic amines is 1. The van der Waals surface area contributed by atoms with E-state index in [1.165, 1.54) is 18.2 Å². The molecule has 3 rings (SSSR count). The Morgan fingerprint density at radius 3 is 2.81 bits per heavy atom. The van der Waals surface area contributed by atoms with Gasteiger partial charge in [0.15, 0.2) is 0 Å². The second-order valence-electron chi connectivity index (χ2n) is 5.33. The molecule has 0 radical (unpaired) electrons. The van der Waals surface area contributed by atoms with Gasteiger partial charge < -0.3 is 10.3 Å². The van der Waals surface area contributed by atoms with Crippen LogP contribution in [0.4, 0.5) is 11.4 Å². The van der Waals surface area contributed by atoms with E-state index in [9.17, 15) is 20.2 Å². The molecule has 0 unspecified atom stereocenters. The summed E-state index contributed by atoms with van der Waals surface area (Å²) in [5.74, 6) is -0.747. The van der Waals surface area contributed by atoms with Gasteiger partial charge in [-0.3, -0.25) is 14.9 Å². The van der Waals surface area contributed by atoms with Gasteiger partial charge in [0.2, 0.25) is 0 Å². The van der Waals surface area contributed by atoms with E-state index >= 15 is 0 Å². The van der Waals surface area contributed by atoms with E-state index < -0.39 is 10.8 Å². The molecule has 1 heterocycles. The van der Waals surface area contributed by atoms with Gasteiger partial charge in [-0.15, -0.1) is 0 Å². The highest BCUT2D eigenvalue weighted by atomic mass is 35.5. The summed E-state index contributed by atoms with van der Waals surface area (Å²) < 4.78 is 0. The molecule has 0 aliphatic carbocycles. The number of anilines is 1. The highest BCUT2D eigenvalue weighted by Gasteiger charge is 2.18. The Balaban J connectivity index is 1.93. The Labute approximate surface area is 152 Å². The first-order valence-corrected chi connectivity index (χ1v) is 7.80. The Hall–Kier alpha value is -3.63. The SMILES string of the molecule is N#CC(=Cc1c[nH]c2ccccc12)C(=O)Nc1ccc(Cl)cc1[N+](=O)[O-]. The molecule has 128 valence electrons. The number of H-pyrrole nitrogens is 1. The van der Waals surface area contributed by atoms with Gasteiger partial charge in [-0.1, -0.05) is 29.8 Å². The molecule has 1 amide bonds. The molecule has 0 aliphatic rings. The van der Waals surface area contributed by atoms with Gasteiger partial charge in [-0.05, 0) is 24.3 Å². The minimum absolute atomic E-state index is 0.0375. The number of amides is 1. The zero-order valence-corrected chi connectivity index (χ0v) is 13.9. The van der Waals surface area contributed by atoms with Crippen molar-refractivity contribution in [1.82, 2.24) is 4.98 Å². The largest absolute Gasteiger partial charge is 0.361 e. The number of carbonyl (C=O) groups excluding carboxylic acids is 1. The molecule has 3 aromatic rings. The number of nitrogens with one attached hydrogen (secondary N) is 2. The first kappa shape index (κ1) is 17.2. The van der Waals surface area contributed by atoms with Crippen molar-refractivity contribution in [3.8, 4) is 6.07 Å². The van der Waals surface area contributed by atoms with E-state index in [0.717, 1.165) is 17.0 Å². The molecule has 2 N–H and O–H groups in total. The molecule has 0 bridgehead atoms. The van der Waals surface area contributed by atoms with Crippen LogP contribution in [0.5, 0.6) is 0 Å². The molecule has 1 aromatic heterocycles. The number of benzene rings is 2. The molecule has 0 atom stereocenters. The first-order chi connectivity index (χ1) is 12.5. The van der Waals surface area contributed by atoms with Crippen molar-refractivity contribution in [2.75, 3.05) is 5.32 Å². The number of para-hydroxylation sites is 1. The van der Waals surface area contributed by atoms with Crippen LogP contribution in [0.2, 0.25) is 5.02 Å². The average Bonchev–Trinajstić information content (AvgIpc) is 3.04. The summed E-state index contributed by atoms with van der Waals surface area (Å²) in [7, 11) is 0. The summed E-state index contributed by atoms with van der Waals surface area (Å²) in [5, 5.41) is 23.8. The van der Waals surface area contributed by atoms with E-state index in [1.807, 2.05) is 30.3 Å². The zero-order valence-electron chi connectivity index (χ0n) is 13.2. The van der Waals surface area contributed by atoms with E-state index in [-0.39, 0.29) is 22.0 Å². The normalized spacial score (nSPS) is 11.2. The summed E-state index contributed by atoms with van der Waals surface area (Å²) in [5.41, 5.74) is 0.960. The number of rotatable bonds is 4. The van der Waals surface area contributed by atoms with Crippen LogP contribution in [0.25, 0.3) is 17.0 Å². The average molecular weight is 367 g/mol. The second-order valence-corrected chi connectivity index (χ2v) is 5.77. The van der Waals surface area contributed by atoms with Crippen LogP contribution < -0.4 is 5.32 Å². The maximum absolute atomic E-state index is 12.4. The summed E-state index contributed by atoms with van der Waals surface area (Å²) in [6, 6.07) is 13.1. The smallest absolute Gasteiger partial charge is 0.294 e. The summed E-state index contributed by atoms with van der Waals surface area (Å²) >= 11 is 5.75. The van der Waals surface area contributed by atoms with Gasteiger partial charge in [0.1, 0.15) is 17.3 Å². The van der Waals surface area contributed by atoms with Crippen molar-refractivity contribution in [3.63, 3.8) is 0 Å². The van der Waals surface area contributed by atoms with Crippen molar-refractivity contribution < 1.29 is 9.72 Å². The lowest BCUT2D eigenvalue weighted by molar-refractivity contribution is -0.383. The van der Waals surface area contributed by atoms with E-state index in [4.69, 9.17) is 11.6 Å². The van der Waals surface area contributed by atoms with Gasteiger partial charge in [-0.2, -0.15) is 5.26 Å². The van der Waals surface area contributed by atoms with Crippen molar-refractivity contribution in [2.24, 2.45) is 0 Å². The monoisotopic (exact) mass is 366 g/mol. The minimum atomic E-state index is -0.747. The van der Waals surface area contributed by atoms with E-state index in [1.54, 1.807) is 6.20 Å². The highest BCUT2D eigenvalue weighted by Crippen LogP contribution is 2.28. The molecule has 0 fully saturated rings. The van der Waals surface area contributed by atoms with Crippen LogP contribution in [0.15, 0.2) is 54.2 Å². The molecule has 0 aliphatic heterocycles. The zero-order chi connectivity index (χ0) is 18.7. The number of nitro groups is 1. The van der Waals surface area contributed by atoms with Crippen LogP contribution in [0, 0.1) is 21.4 Å². The molecule has 7 nitrogen and oxygen atoms in total. The van der Waals surface area contributed by atoms with Crippen LogP contribution in [-0.2, 0) is 4.79 Å². The highest BCUT2D eigenvalue weighted by molar-refractivity contribution is 6.31. The number of fused-ring (bicyclic) bond motifs is 1. The Bertz CT molecular complexity index is 1100. The van der Waals surface area contributed by atoms with Crippen molar-refractivity contribution >= 4 is 45.9 Å². The molecule has 26 heavy (non-hydrogen) atoms. The quantitative estimate of drug-likeness (QED) is 0.310. The van der Waals surface area contributed by atoms with Crippen LogP contribution in [-0.4, -0.2) is 15.8 Å². The lowest BCUT2D eigenvalue weighted by Gasteiger charge is -2.05. The number of aromatic nitrogens is 1. The number of nitro benzene ring substituents is 1. The fourth-order valence-electron chi connectivity index (χ4n) is 2.47. The van der Waals surface area contributed by atoms with E-state index in [2.05, 4.69) is 10.3 Å². The Kier molecular flexibility index (Phi) is 4.69. The maximum atomic E-state index is 12.4. The molecule has 0 saturated heterocycles. The number of nitriles is 1. The Morgan fingerprint density at radius 1 is 1.31 bits per heavy atom. The standard InChI is InChI=1S/C18H11ClN4O3/c19-13-5-6-16(17(8-13)23(25)26)22-18(24)11(9-20)7-12-10-21-15-4-2-1-3-14(12)15/h1-8,10,21H,(H,22,24). The minimum Gasteiger partial charge on any atom is -0.361 e. The number of carbonyl (C=O) groups is 1. The summed E-state index contributed by atoms with van der Waals surface area (Å²) in [6.45, 7) is 0. The molecule has 2 aromatic carbocycles. The molecule has 8 heteroatoms. The number of halogens is 1. The summed E-state index contributed by atoms with van der Waals surface area (Å²) in [4.78, 5) is 25.9. The predicted octanol–water partition coefficient (Wildman–Crippen LogP) is 4.28. The van der Waals surface area contributed by atoms with Crippen molar-refractivity contribution in [1.29, 1.82) is 5.26 Å². The fourth-order valence-corrected chi connectivity index (χ4v) is 2.64. The third-order valence-electron chi connectivity index (χ3n) is 3.69.